The van der Waals surface area contributed by atoms with Crippen molar-refractivity contribution in [3.63, 3.8) is 0 Å². The Balaban J connectivity index is 0.000000933. The minimum absolute atomic E-state index is 0. The Kier molecular flexibility index (Phi) is 14.8. The standard InChI is InChI=1S/C23H29N2.C6H7N.N3.Ni/c1-14-9-16(3)22(17(4)10-14)24-20(7)13-21(8)25-23-18(5)11-15(2)12-19(23)6;1-6-4-2-3-5-7-6;1-3-2;/h9-13H,1-8H3;2-5H,1H3;;/q-1;;-1;+2/b20-13-,25-21?;;;. The molecule has 0 aliphatic rings. The van der Waals surface area contributed by atoms with E-state index in [0.717, 1.165) is 28.5 Å². The number of benzene rings is 2. The van der Waals surface area contributed by atoms with Crippen LogP contribution in [0.3, 0.4) is 0 Å². The molecule has 0 bridgehead atoms. The van der Waals surface area contributed by atoms with Gasteiger partial charge in [-0.1, -0.05) is 65.6 Å². The minimum atomic E-state index is 0. The van der Waals surface area contributed by atoms with Gasteiger partial charge in [-0.15, -0.1) is 5.69 Å². The topological polar surface area (TPSA) is 98.0 Å². The number of aryl methyl sites for hydroxylation is 7. The first-order chi connectivity index (χ1) is 16.5. The van der Waals surface area contributed by atoms with Gasteiger partial charge in [0, 0.05) is 17.6 Å². The molecule has 0 saturated heterocycles. The zero-order valence-electron chi connectivity index (χ0n) is 22.7. The van der Waals surface area contributed by atoms with Crippen LogP contribution in [0.25, 0.3) is 21.3 Å². The van der Waals surface area contributed by atoms with Gasteiger partial charge in [0.2, 0.25) is 0 Å². The van der Waals surface area contributed by atoms with Crippen LogP contribution in [0, 0.1) is 48.5 Å². The summed E-state index contributed by atoms with van der Waals surface area (Å²) in [5.41, 5.74) is 26.0. The molecule has 3 aromatic rings. The van der Waals surface area contributed by atoms with Crippen LogP contribution in [0.4, 0.5) is 11.4 Å². The average molecular weight is 527 g/mol. The third kappa shape index (κ3) is 11.4. The number of nitrogens with zero attached hydrogens (tertiary/aromatic N) is 6. The molecule has 0 unspecified atom stereocenters. The van der Waals surface area contributed by atoms with Gasteiger partial charge in [-0.25, -0.2) is 0 Å². The van der Waals surface area contributed by atoms with Crippen LogP contribution in [-0.4, -0.2) is 10.7 Å². The molecule has 3 rings (SSSR count). The van der Waals surface area contributed by atoms with Gasteiger partial charge in [-0.2, -0.15) is 5.70 Å². The fourth-order valence-corrected chi connectivity index (χ4v) is 3.87. The number of hydrogen-bond acceptors (Lipinski definition) is 2. The third-order valence-electron chi connectivity index (χ3n) is 5.08. The molecule has 0 aliphatic heterocycles. The van der Waals surface area contributed by atoms with Crippen molar-refractivity contribution in [2.24, 2.45) is 4.99 Å². The molecule has 0 N–H and O–H groups in total. The molecule has 192 valence electrons. The molecule has 0 spiro atoms. The van der Waals surface area contributed by atoms with Gasteiger partial charge in [-0.05, 0) is 78.6 Å². The smallest absolute Gasteiger partial charge is 0.661 e. The Morgan fingerprint density at radius 3 is 1.69 bits per heavy atom. The first kappa shape index (κ1) is 32.6. The summed E-state index contributed by atoms with van der Waals surface area (Å²) in [7, 11) is 0. The van der Waals surface area contributed by atoms with Crippen LogP contribution in [-0.2, 0) is 16.5 Å². The molecule has 1 heterocycles. The summed E-state index contributed by atoms with van der Waals surface area (Å²) in [5.74, 6) is 0. The van der Waals surface area contributed by atoms with Gasteiger partial charge in [0.1, 0.15) is 0 Å². The first-order valence-corrected chi connectivity index (χ1v) is 11.5. The number of allylic oxidation sites excluding steroid dienone is 2. The fourth-order valence-electron chi connectivity index (χ4n) is 3.87. The molecule has 1 aromatic heterocycles. The van der Waals surface area contributed by atoms with E-state index in [1.165, 1.54) is 38.3 Å². The monoisotopic (exact) mass is 526 g/mol. The van der Waals surface area contributed by atoms with Crippen molar-refractivity contribution >= 4 is 17.1 Å². The largest absolute Gasteiger partial charge is 2.00 e. The maximum atomic E-state index is 6.75. The number of aliphatic imine (C=N–C) groups is 1. The summed E-state index contributed by atoms with van der Waals surface area (Å²) in [6, 6.07) is 14.6. The van der Waals surface area contributed by atoms with E-state index in [4.69, 9.17) is 21.4 Å². The van der Waals surface area contributed by atoms with Crippen molar-refractivity contribution in [3.05, 3.63) is 121 Å². The molecule has 0 atom stereocenters. The Morgan fingerprint density at radius 1 is 0.833 bits per heavy atom. The van der Waals surface area contributed by atoms with Crippen molar-refractivity contribution in [1.82, 2.24) is 4.98 Å². The molecule has 2 aromatic carbocycles. The second kappa shape index (κ2) is 16.3. The average Bonchev–Trinajstić information content (AvgIpc) is 2.75. The van der Waals surface area contributed by atoms with E-state index in [1.54, 1.807) is 6.20 Å². The molecule has 0 aliphatic carbocycles. The second-order valence-corrected chi connectivity index (χ2v) is 8.71. The number of pyridine rings is 1. The number of rotatable bonds is 4. The maximum Gasteiger partial charge on any atom is 2.00 e. The molecular weight excluding hydrogens is 491 g/mol. The van der Waals surface area contributed by atoms with Crippen molar-refractivity contribution in [1.29, 1.82) is 0 Å². The predicted molar refractivity (Wildman–Crippen MR) is 150 cm³/mol. The summed E-state index contributed by atoms with van der Waals surface area (Å²) < 4.78 is 0. The van der Waals surface area contributed by atoms with Gasteiger partial charge < -0.3 is 16.4 Å². The van der Waals surface area contributed by atoms with E-state index in [-0.39, 0.29) is 16.5 Å². The van der Waals surface area contributed by atoms with Crippen molar-refractivity contribution in [2.45, 2.75) is 62.3 Å². The van der Waals surface area contributed by atoms with Gasteiger partial charge in [0.05, 0.1) is 5.69 Å². The summed E-state index contributed by atoms with van der Waals surface area (Å²) in [6.07, 6.45) is 3.84. The third-order valence-corrected chi connectivity index (χ3v) is 5.08. The summed E-state index contributed by atoms with van der Waals surface area (Å²) in [5, 5.41) is 4.82. The molecule has 7 heteroatoms. The van der Waals surface area contributed by atoms with Crippen LogP contribution >= 0.6 is 0 Å². The summed E-state index contributed by atoms with van der Waals surface area (Å²) in [6.45, 7) is 18.8. The van der Waals surface area contributed by atoms with E-state index >= 15 is 0 Å². The van der Waals surface area contributed by atoms with Crippen LogP contribution in [0.15, 0.2) is 65.4 Å². The molecule has 6 nitrogen and oxygen atoms in total. The molecule has 0 fully saturated rings. The quantitative estimate of drug-likeness (QED) is 0.109. The zero-order chi connectivity index (χ0) is 26.5. The van der Waals surface area contributed by atoms with Crippen LogP contribution < -0.4 is 0 Å². The number of aromatic nitrogens is 1. The summed E-state index contributed by atoms with van der Waals surface area (Å²) >= 11 is 0. The van der Waals surface area contributed by atoms with E-state index in [2.05, 4.69) is 76.9 Å². The SMILES string of the molecule is CC(/C=C(/C)[N-]c1c(C)cc(C)cc1C)=Nc1c(C)cc(C)cc1C.Cc1ccccn1.[N-]=[N+]=[N-].[Ni+2]. The van der Waals surface area contributed by atoms with Gasteiger partial charge in [0.25, 0.3) is 0 Å². The van der Waals surface area contributed by atoms with E-state index in [1.807, 2.05) is 39.0 Å². The van der Waals surface area contributed by atoms with Gasteiger partial charge >= 0.3 is 16.5 Å². The Hall–Kier alpha value is -3.40. The first-order valence-electron chi connectivity index (χ1n) is 11.5. The maximum absolute atomic E-state index is 6.75. The van der Waals surface area contributed by atoms with E-state index in [0.29, 0.717) is 0 Å². The van der Waals surface area contributed by atoms with Crippen LogP contribution in [0.5, 0.6) is 0 Å². The zero-order valence-corrected chi connectivity index (χ0v) is 23.7. The van der Waals surface area contributed by atoms with Crippen LogP contribution in [0.1, 0.15) is 52.9 Å². The Morgan fingerprint density at radius 2 is 1.31 bits per heavy atom. The van der Waals surface area contributed by atoms with Gasteiger partial charge in [0.15, 0.2) is 0 Å². The van der Waals surface area contributed by atoms with Crippen molar-refractivity contribution in [3.8, 4) is 0 Å². The van der Waals surface area contributed by atoms with E-state index < -0.39 is 0 Å². The van der Waals surface area contributed by atoms with Crippen molar-refractivity contribution in [2.75, 3.05) is 0 Å². The molecule has 0 radical (unpaired) electrons. The Labute approximate surface area is 226 Å². The van der Waals surface area contributed by atoms with Crippen LogP contribution in [0.2, 0.25) is 0 Å². The normalized spacial score (nSPS) is 10.6. The summed E-state index contributed by atoms with van der Waals surface area (Å²) in [4.78, 5) is 10.3. The predicted octanol–water partition coefficient (Wildman–Crippen LogP) is 9.49. The Bertz CT molecular complexity index is 1180. The van der Waals surface area contributed by atoms with Crippen molar-refractivity contribution < 1.29 is 16.5 Å². The minimum Gasteiger partial charge on any atom is -0.661 e. The molecule has 0 saturated carbocycles. The second-order valence-electron chi connectivity index (χ2n) is 8.71. The fraction of sp³-hybridized carbons (Fsp3) is 0.310. The van der Waals surface area contributed by atoms with E-state index in [9.17, 15) is 0 Å². The molecular formula is C29H36N6Ni. The molecule has 36 heavy (non-hydrogen) atoms. The number of hydrogen-bond donors (Lipinski definition) is 0. The molecule has 0 amide bonds. The van der Waals surface area contributed by atoms with Gasteiger partial charge in [-0.3, -0.25) is 14.9 Å².